The molecule has 0 radical (unpaired) electrons. The molecular weight excluding hydrogens is 278 g/mol. The van der Waals surface area contributed by atoms with Crippen molar-refractivity contribution in [2.24, 2.45) is 0 Å². The van der Waals surface area contributed by atoms with Crippen LogP contribution in [0.4, 0.5) is 0 Å². The first-order valence-corrected chi connectivity index (χ1v) is 7.72. The van der Waals surface area contributed by atoms with Crippen LogP contribution in [0.5, 0.6) is 0 Å². The number of benzene rings is 1. The molecule has 0 bridgehead atoms. The predicted molar refractivity (Wildman–Crippen MR) is 84.7 cm³/mol. The number of piperazine rings is 1. The van der Waals surface area contributed by atoms with Crippen molar-refractivity contribution in [2.75, 3.05) is 32.7 Å². The van der Waals surface area contributed by atoms with Gasteiger partial charge in [0.15, 0.2) is 5.76 Å². The zero-order valence-corrected chi connectivity index (χ0v) is 13.1. The van der Waals surface area contributed by atoms with E-state index in [-0.39, 0.29) is 5.91 Å². The molecular formula is C17H21N3O2. The number of amides is 1. The Hall–Kier alpha value is -2.14. The second-order valence-corrected chi connectivity index (χ2v) is 5.66. The largest absolute Gasteiger partial charge is 0.355 e. The van der Waals surface area contributed by atoms with Crippen LogP contribution in [-0.4, -0.2) is 53.6 Å². The average molecular weight is 299 g/mol. The minimum Gasteiger partial charge on any atom is -0.355 e. The van der Waals surface area contributed by atoms with Gasteiger partial charge in [0.1, 0.15) is 5.56 Å². The molecule has 116 valence electrons. The van der Waals surface area contributed by atoms with Crippen LogP contribution in [0.15, 0.2) is 35.0 Å². The molecule has 3 rings (SSSR count). The SMILES string of the molecule is CCN1CCN(C(=O)c2cnoc2-c2ccc(C)cc2)CC1. The van der Waals surface area contributed by atoms with Gasteiger partial charge in [-0.1, -0.05) is 41.9 Å². The number of hydrogen-bond acceptors (Lipinski definition) is 4. The molecule has 5 nitrogen and oxygen atoms in total. The summed E-state index contributed by atoms with van der Waals surface area (Å²) in [6, 6.07) is 7.93. The number of aryl methyl sites for hydroxylation is 1. The van der Waals surface area contributed by atoms with Gasteiger partial charge in [-0.3, -0.25) is 4.79 Å². The summed E-state index contributed by atoms with van der Waals surface area (Å²) in [5.41, 5.74) is 2.61. The van der Waals surface area contributed by atoms with Gasteiger partial charge in [0.25, 0.3) is 5.91 Å². The maximum atomic E-state index is 12.7. The Morgan fingerprint density at radius 3 is 2.50 bits per heavy atom. The van der Waals surface area contributed by atoms with Crippen molar-refractivity contribution in [1.29, 1.82) is 0 Å². The van der Waals surface area contributed by atoms with Gasteiger partial charge >= 0.3 is 0 Å². The van der Waals surface area contributed by atoms with Crippen LogP contribution >= 0.6 is 0 Å². The minimum absolute atomic E-state index is 0.00702. The fourth-order valence-corrected chi connectivity index (χ4v) is 2.74. The zero-order valence-electron chi connectivity index (χ0n) is 13.1. The molecule has 0 aliphatic carbocycles. The van der Waals surface area contributed by atoms with Crippen molar-refractivity contribution in [3.05, 3.63) is 41.6 Å². The van der Waals surface area contributed by atoms with Crippen molar-refractivity contribution in [1.82, 2.24) is 15.0 Å². The van der Waals surface area contributed by atoms with E-state index < -0.39 is 0 Å². The van der Waals surface area contributed by atoms with Gasteiger partial charge in [-0.25, -0.2) is 0 Å². The highest BCUT2D eigenvalue weighted by atomic mass is 16.5. The lowest BCUT2D eigenvalue weighted by Gasteiger charge is -2.33. The van der Waals surface area contributed by atoms with E-state index in [1.165, 1.54) is 11.8 Å². The third-order valence-electron chi connectivity index (χ3n) is 4.22. The number of hydrogen-bond donors (Lipinski definition) is 0. The predicted octanol–water partition coefficient (Wildman–Crippen LogP) is 2.43. The van der Waals surface area contributed by atoms with Crippen LogP contribution in [0.2, 0.25) is 0 Å². The third kappa shape index (κ3) is 2.90. The highest BCUT2D eigenvalue weighted by Crippen LogP contribution is 2.25. The molecule has 1 amide bonds. The lowest BCUT2D eigenvalue weighted by Crippen LogP contribution is -2.48. The Balaban J connectivity index is 1.80. The molecule has 1 fully saturated rings. The van der Waals surface area contributed by atoms with Gasteiger partial charge in [-0.15, -0.1) is 0 Å². The average Bonchev–Trinajstić information content (AvgIpc) is 3.04. The molecule has 22 heavy (non-hydrogen) atoms. The van der Waals surface area contributed by atoms with Gasteiger partial charge in [-0.05, 0) is 13.5 Å². The fraction of sp³-hybridized carbons (Fsp3) is 0.412. The maximum absolute atomic E-state index is 12.7. The van der Waals surface area contributed by atoms with Crippen molar-refractivity contribution < 1.29 is 9.32 Å². The summed E-state index contributed by atoms with van der Waals surface area (Å²) in [4.78, 5) is 17.0. The van der Waals surface area contributed by atoms with Crippen LogP contribution in [0.3, 0.4) is 0 Å². The van der Waals surface area contributed by atoms with Crippen molar-refractivity contribution >= 4 is 5.91 Å². The summed E-state index contributed by atoms with van der Waals surface area (Å²) in [5.74, 6) is 0.565. The van der Waals surface area contributed by atoms with Crippen LogP contribution < -0.4 is 0 Å². The third-order valence-corrected chi connectivity index (χ3v) is 4.22. The van der Waals surface area contributed by atoms with E-state index in [4.69, 9.17) is 4.52 Å². The molecule has 0 saturated carbocycles. The van der Waals surface area contributed by atoms with Gasteiger partial charge in [0.05, 0.1) is 6.20 Å². The topological polar surface area (TPSA) is 49.6 Å². The molecule has 1 saturated heterocycles. The highest BCUT2D eigenvalue weighted by Gasteiger charge is 2.25. The van der Waals surface area contributed by atoms with Gasteiger partial charge in [0, 0.05) is 31.7 Å². The smallest absolute Gasteiger partial charge is 0.259 e. The number of likely N-dealkylation sites (N-methyl/N-ethyl adjacent to an activating group) is 1. The second kappa shape index (κ2) is 6.32. The van der Waals surface area contributed by atoms with Crippen molar-refractivity contribution in [3.8, 4) is 11.3 Å². The zero-order chi connectivity index (χ0) is 15.5. The van der Waals surface area contributed by atoms with E-state index in [1.54, 1.807) is 0 Å². The molecule has 0 N–H and O–H groups in total. The summed E-state index contributed by atoms with van der Waals surface area (Å²) < 4.78 is 5.34. The highest BCUT2D eigenvalue weighted by molar-refractivity contribution is 5.99. The molecule has 1 aromatic carbocycles. The number of aromatic nitrogens is 1. The molecule has 2 aromatic rings. The second-order valence-electron chi connectivity index (χ2n) is 5.66. The number of rotatable bonds is 3. The van der Waals surface area contributed by atoms with E-state index >= 15 is 0 Å². The molecule has 0 atom stereocenters. The first-order valence-electron chi connectivity index (χ1n) is 7.72. The minimum atomic E-state index is 0.00702. The quantitative estimate of drug-likeness (QED) is 0.873. The van der Waals surface area contributed by atoms with E-state index in [0.717, 1.165) is 38.3 Å². The maximum Gasteiger partial charge on any atom is 0.259 e. The van der Waals surface area contributed by atoms with E-state index in [9.17, 15) is 4.79 Å². The molecule has 1 aromatic heterocycles. The Morgan fingerprint density at radius 1 is 1.18 bits per heavy atom. The molecule has 1 aliphatic rings. The van der Waals surface area contributed by atoms with E-state index in [1.807, 2.05) is 36.1 Å². The first kappa shape index (κ1) is 14.8. The molecule has 2 heterocycles. The molecule has 1 aliphatic heterocycles. The molecule has 0 unspecified atom stereocenters. The number of nitrogens with zero attached hydrogens (tertiary/aromatic N) is 3. The normalized spacial score (nSPS) is 16.0. The van der Waals surface area contributed by atoms with Gasteiger partial charge < -0.3 is 14.3 Å². The summed E-state index contributed by atoms with van der Waals surface area (Å²) >= 11 is 0. The lowest BCUT2D eigenvalue weighted by molar-refractivity contribution is 0.0643. The van der Waals surface area contributed by atoms with Crippen molar-refractivity contribution in [2.45, 2.75) is 13.8 Å². The number of carbonyl (C=O) groups excluding carboxylic acids is 1. The summed E-state index contributed by atoms with van der Waals surface area (Å²) in [6.45, 7) is 8.57. The Labute approximate surface area is 130 Å². The van der Waals surface area contributed by atoms with Crippen LogP contribution in [0, 0.1) is 6.92 Å². The lowest BCUT2D eigenvalue weighted by atomic mass is 10.1. The summed E-state index contributed by atoms with van der Waals surface area (Å²) in [7, 11) is 0. The summed E-state index contributed by atoms with van der Waals surface area (Å²) in [5, 5.41) is 3.84. The van der Waals surface area contributed by atoms with E-state index in [2.05, 4.69) is 17.0 Å². The van der Waals surface area contributed by atoms with Crippen LogP contribution in [-0.2, 0) is 0 Å². The van der Waals surface area contributed by atoms with Crippen LogP contribution in [0.1, 0.15) is 22.8 Å². The first-order chi connectivity index (χ1) is 10.7. The summed E-state index contributed by atoms with van der Waals surface area (Å²) in [6.07, 6.45) is 1.53. The van der Waals surface area contributed by atoms with Gasteiger partial charge in [0.2, 0.25) is 0 Å². The van der Waals surface area contributed by atoms with E-state index in [0.29, 0.717) is 11.3 Å². The molecule has 0 spiro atoms. The number of carbonyl (C=O) groups is 1. The standard InChI is InChI=1S/C17H21N3O2/c1-3-19-8-10-20(11-9-19)17(21)15-12-18-22-16(15)14-6-4-13(2)5-7-14/h4-7,12H,3,8-11H2,1-2H3. The Morgan fingerprint density at radius 2 is 1.86 bits per heavy atom. The van der Waals surface area contributed by atoms with Gasteiger partial charge in [-0.2, -0.15) is 0 Å². The molecule has 5 heteroatoms. The Bertz CT molecular complexity index is 640. The monoisotopic (exact) mass is 299 g/mol. The van der Waals surface area contributed by atoms with Crippen LogP contribution in [0.25, 0.3) is 11.3 Å². The Kier molecular flexibility index (Phi) is 4.24. The van der Waals surface area contributed by atoms with Crippen molar-refractivity contribution in [3.63, 3.8) is 0 Å². The fourth-order valence-electron chi connectivity index (χ4n) is 2.74.